The van der Waals surface area contributed by atoms with Crippen molar-refractivity contribution in [3.63, 3.8) is 0 Å². The van der Waals surface area contributed by atoms with E-state index in [0.717, 1.165) is 29.5 Å². The molecule has 1 aliphatic rings. The Morgan fingerprint density at radius 1 is 0.500 bits per heavy atom. The Kier molecular flexibility index (Phi) is 5.60. The lowest BCUT2D eigenvalue weighted by molar-refractivity contribution is 0.986. The molecule has 0 saturated carbocycles. The van der Waals surface area contributed by atoms with Gasteiger partial charge < -0.3 is 0 Å². The molecule has 1 aliphatic carbocycles. The average Bonchev–Trinajstić information content (AvgIpc) is 3.01. The number of hydrogen-bond donors (Lipinski definition) is 0. The molecule has 1 aromatic heterocycles. The van der Waals surface area contributed by atoms with E-state index in [9.17, 15) is 0 Å². The van der Waals surface area contributed by atoms with Crippen molar-refractivity contribution >= 4 is 16.8 Å². The van der Waals surface area contributed by atoms with Crippen molar-refractivity contribution in [2.45, 2.75) is 12.8 Å². The van der Waals surface area contributed by atoms with Gasteiger partial charge in [0.05, 0.1) is 0 Å². The lowest BCUT2D eigenvalue weighted by Crippen LogP contribution is -2.04. The number of aromatic nitrogens is 3. The Morgan fingerprint density at radius 3 is 1.95 bits per heavy atom. The van der Waals surface area contributed by atoms with Gasteiger partial charge in [-0.05, 0) is 58.0 Å². The smallest absolute Gasteiger partial charge is 0.164 e. The summed E-state index contributed by atoms with van der Waals surface area (Å²) in [4.78, 5) is 15.1. The van der Waals surface area contributed by atoms with Gasteiger partial charge in [0, 0.05) is 16.7 Å². The number of allylic oxidation sites excluding steroid dienone is 1. The minimum absolute atomic E-state index is 0.676. The molecule has 3 heteroatoms. The van der Waals surface area contributed by atoms with Crippen LogP contribution in [-0.2, 0) is 6.42 Å². The van der Waals surface area contributed by atoms with Gasteiger partial charge in [-0.25, -0.2) is 15.0 Å². The average molecular weight is 488 g/mol. The lowest BCUT2D eigenvalue weighted by Gasteiger charge is -2.20. The van der Waals surface area contributed by atoms with Crippen LogP contribution in [0.25, 0.3) is 62.1 Å². The van der Waals surface area contributed by atoms with Gasteiger partial charge in [-0.1, -0.05) is 115 Å². The quantitative estimate of drug-likeness (QED) is 0.250. The molecule has 0 bridgehead atoms. The summed E-state index contributed by atoms with van der Waals surface area (Å²) < 4.78 is 0. The first-order chi connectivity index (χ1) is 18.8. The molecule has 0 unspecified atom stereocenters. The van der Waals surface area contributed by atoms with Crippen molar-refractivity contribution in [2.75, 3.05) is 0 Å². The Hall–Kier alpha value is -4.89. The number of fused-ring (bicyclic) bond motifs is 2. The van der Waals surface area contributed by atoms with Crippen LogP contribution in [0.3, 0.4) is 0 Å². The Morgan fingerprint density at radius 2 is 1.16 bits per heavy atom. The van der Waals surface area contributed by atoms with E-state index < -0.39 is 0 Å². The summed E-state index contributed by atoms with van der Waals surface area (Å²) in [6.07, 6.45) is 6.52. The van der Waals surface area contributed by atoms with Crippen molar-refractivity contribution < 1.29 is 0 Å². The summed E-state index contributed by atoms with van der Waals surface area (Å²) in [6, 6.07) is 39.9. The molecular formula is C35H25N3. The van der Waals surface area contributed by atoms with Crippen LogP contribution in [0.1, 0.15) is 17.5 Å². The van der Waals surface area contributed by atoms with Gasteiger partial charge in [0.1, 0.15) is 0 Å². The van der Waals surface area contributed by atoms with Crippen molar-refractivity contribution in [1.29, 1.82) is 0 Å². The van der Waals surface area contributed by atoms with Crippen LogP contribution in [0.4, 0.5) is 0 Å². The summed E-state index contributed by atoms with van der Waals surface area (Å²) >= 11 is 0. The van der Waals surface area contributed by atoms with Crippen molar-refractivity contribution in [3.8, 4) is 45.3 Å². The van der Waals surface area contributed by atoms with Crippen LogP contribution in [0, 0.1) is 0 Å². The van der Waals surface area contributed by atoms with Crippen LogP contribution < -0.4 is 0 Å². The van der Waals surface area contributed by atoms with Crippen molar-refractivity contribution in [3.05, 3.63) is 132 Å². The highest BCUT2D eigenvalue weighted by atomic mass is 15.0. The fourth-order valence-corrected chi connectivity index (χ4v) is 5.32. The van der Waals surface area contributed by atoms with E-state index in [2.05, 4.69) is 109 Å². The van der Waals surface area contributed by atoms with Crippen molar-refractivity contribution in [2.24, 2.45) is 0 Å². The van der Waals surface area contributed by atoms with Gasteiger partial charge >= 0.3 is 0 Å². The summed E-state index contributed by atoms with van der Waals surface area (Å²) in [6.45, 7) is 0. The zero-order valence-corrected chi connectivity index (χ0v) is 20.9. The monoisotopic (exact) mass is 487 g/mol. The van der Waals surface area contributed by atoms with E-state index in [1.54, 1.807) is 0 Å². The van der Waals surface area contributed by atoms with Crippen LogP contribution in [0.15, 0.2) is 121 Å². The topological polar surface area (TPSA) is 38.7 Å². The van der Waals surface area contributed by atoms with Gasteiger partial charge in [0.25, 0.3) is 0 Å². The standard InChI is InChI=1S/C35H25N3/c1-3-13-26(14-4-1)32-30-18-10-9-12-25(30)21-22-31(32)35-37-33(27-15-5-2-6-16-27)36-34(38-35)29-20-19-24-11-7-8-17-28(24)23-29/h1-9,11-17,19-23H,10,18H2. The number of rotatable bonds is 4. The zero-order valence-electron chi connectivity index (χ0n) is 20.9. The minimum atomic E-state index is 0.676. The maximum absolute atomic E-state index is 5.10. The van der Waals surface area contributed by atoms with Crippen LogP contribution in [0.2, 0.25) is 0 Å². The summed E-state index contributed by atoms with van der Waals surface area (Å²) in [5.74, 6) is 2.05. The molecule has 3 nitrogen and oxygen atoms in total. The predicted molar refractivity (Wildman–Crippen MR) is 156 cm³/mol. The van der Waals surface area contributed by atoms with Gasteiger partial charge in [0.2, 0.25) is 0 Å². The second kappa shape index (κ2) is 9.53. The fourth-order valence-electron chi connectivity index (χ4n) is 5.32. The Balaban J connectivity index is 1.49. The zero-order chi connectivity index (χ0) is 25.3. The number of benzene rings is 5. The third-order valence-corrected chi connectivity index (χ3v) is 7.19. The summed E-state index contributed by atoms with van der Waals surface area (Å²) in [5.41, 5.74) is 8.00. The highest BCUT2D eigenvalue weighted by Crippen LogP contribution is 2.39. The largest absolute Gasteiger partial charge is 0.208 e. The van der Waals surface area contributed by atoms with Gasteiger partial charge in [-0.3, -0.25) is 0 Å². The first-order valence-corrected chi connectivity index (χ1v) is 13.0. The predicted octanol–water partition coefficient (Wildman–Crippen LogP) is 8.65. The molecule has 0 aliphatic heterocycles. The maximum atomic E-state index is 5.10. The molecule has 1 heterocycles. The Bertz CT molecular complexity index is 1810. The molecular weight excluding hydrogens is 462 g/mol. The minimum Gasteiger partial charge on any atom is -0.208 e. The molecule has 6 aromatic rings. The van der Waals surface area contributed by atoms with E-state index in [-0.39, 0.29) is 0 Å². The van der Waals surface area contributed by atoms with Crippen molar-refractivity contribution in [1.82, 2.24) is 15.0 Å². The molecule has 0 amide bonds. The lowest BCUT2D eigenvalue weighted by atomic mass is 9.86. The number of hydrogen-bond acceptors (Lipinski definition) is 3. The van der Waals surface area contributed by atoms with E-state index in [0.29, 0.717) is 17.5 Å². The second-order valence-electron chi connectivity index (χ2n) is 9.60. The first kappa shape index (κ1) is 22.3. The second-order valence-corrected chi connectivity index (χ2v) is 9.60. The molecule has 7 rings (SSSR count). The van der Waals surface area contributed by atoms with E-state index in [1.807, 2.05) is 18.2 Å². The molecule has 0 radical (unpaired) electrons. The van der Waals surface area contributed by atoms with E-state index in [4.69, 9.17) is 15.0 Å². The van der Waals surface area contributed by atoms with Gasteiger partial charge in [0.15, 0.2) is 17.5 Å². The summed E-state index contributed by atoms with van der Waals surface area (Å²) in [7, 11) is 0. The normalized spacial score (nSPS) is 12.4. The third-order valence-electron chi connectivity index (χ3n) is 7.19. The SMILES string of the molecule is C1=Cc2ccc(-c3nc(-c4ccccc4)nc(-c4ccc5ccccc5c4)n3)c(-c3ccccc3)c2CC1. The molecule has 5 aromatic carbocycles. The van der Waals surface area contributed by atoms with Gasteiger partial charge in [-0.15, -0.1) is 0 Å². The molecule has 0 fully saturated rings. The van der Waals surface area contributed by atoms with E-state index >= 15 is 0 Å². The van der Waals surface area contributed by atoms with E-state index in [1.165, 1.54) is 33.0 Å². The summed E-state index contributed by atoms with van der Waals surface area (Å²) in [5, 5.41) is 2.36. The fraction of sp³-hybridized carbons (Fsp3) is 0.0571. The number of nitrogens with zero attached hydrogens (tertiary/aromatic N) is 3. The van der Waals surface area contributed by atoms with Crippen LogP contribution >= 0.6 is 0 Å². The highest BCUT2D eigenvalue weighted by Gasteiger charge is 2.20. The van der Waals surface area contributed by atoms with Crippen LogP contribution in [-0.4, -0.2) is 15.0 Å². The molecule has 180 valence electrons. The molecule has 0 spiro atoms. The Labute approximate surface area is 222 Å². The maximum Gasteiger partial charge on any atom is 0.164 e. The highest BCUT2D eigenvalue weighted by molar-refractivity contribution is 5.89. The third kappa shape index (κ3) is 4.08. The van der Waals surface area contributed by atoms with Gasteiger partial charge in [-0.2, -0.15) is 0 Å². The molecule has 0 N–H and O–H groups in total. The molecule has 0 saturated heterocycles. The first-order valence-electron chi connectivity index (χ1n) is 13.0. The molecule has 38 heavy (non-hydrogen) atoms. The van der Waals surface area contributed by atoms with Crippen LogP contribution in [0.5, 0.6) is 0 Å². The molecule has 0 atom stereocenters.